The Hall–Kier alpha value is -5.50. The Morgan fingerprint density at radius 3 is 2.12 bits per heavy atom. The topological polar surface area (TPSA) is 109 Å². The maximum Gasteiger partial charge on any atom is 0.255 e. The normalized spacial score (nSPS) is 19.4. The molecule has 57 heavy (non-hydrogen) atoms. The second-order valence-corrected chi connectivity index (χ2v) is 16.3. The molecule has 294 valence electrons. The van der Waals surface area contributed by atoms with Crippen molar-refractivity contribution in [2.24, 2.45) is 0 Å². The molecule has 0 saturated carbocycles. The molecular weight excluding hydrogens is 744 g/mol. The highest BCUT2D eigenvalue weighted by Crippen LogP contribution is 2.47. The number of aromatic hydroxyl groups is 1. The average Bonchev–Trinajstić information content (AvgIpc) is 3.74. The molecule has 0 bridgehead atoms. The standard InChI is InChI=1S/C44H45FN6O5S/c45-31-4-2-29(3-5-31)42-41(37-13-9-34(52)27-39(37)57-42)56-35-10-6-32(7-11-35)49-22-18-47(19-23-49)16-1-17-48-20-24-50(25-21-48)33-8-12-36-30(26-33)28-51(44(36)55)38-14-15-40(53)46-43(38)54/h2-13,26-27,38,52H,1,14-25,28H2,(H,46,53,54). The van der Waals surface area contributed by atoms with Crippen LogP contribution in [0.1, 0.15) is 35.2 Å². The molecule has 5 heterocycles. The fourth-order valence-corrected chi connectivity index (χ4v) is 9.70. The van der Waals surface area contributed by atoms with Gasteiger partial charge in [0.25, 0.3) is 5.91 Å². The van der Waals surface area contributed by atoms with E-state index in [4.69, 9.17) is 4.74 Å². The minimum absolute atomic E-state index is 0.135. The zero-order valence-corrected chi connectivity index (χ0v) is 32.5. The number of nitrogens with one attached hydrogen (secondary N) is 1. The molecule has 1 unspecified atom stereocenters. The molecule has 3 amide bonds. The maximum absolute atomic E-state index is 13.7. The number of carbonyl (C=O) groups excluding carboxylic acids is 3. The van der Waals surface area contributed by atoms with Gasteiger partial charge in [0.2, 0.25) is 11.8 Å². The summed E-state index contributed by atoms with van der Waals surface area (Å²) in [4.78, 5) is 49.6. The summed E-state index contributed by atoms with van der Waals surface area (Å²) in [5.41, 5.74) is 4.73. The molecule has 4 aliphatic heterocycles. The molecule has 9 rings (SSSR count). The minimum Gasteiger partial charge on any atom is -0.508 e. The number of benzene rings is 4. The van der Waals surface area contributed by atoms with Gasteiger partial charge >= 0.3 is 0 Å². The lowest BCUT2D eigenvalue weighted by molar-refractivity contribution is -0.136. The summed E-state index contributed by atoms with van der Waals surface area (Å²) >= 11 is 1.51. The molecule has 0 radical (unpaired) electrons. The smallest absolute Gasteiger partial charge is 0.255 e. The lowest BCUT2D eigenvalue weighted by Crippen LogP contribution is -2.52. The number of carbonyl (C=O) groups is 3. The van der Waals surface area contributed by atoms with Gasteiger partial charge in [-0.25, -0.2) is 4.39 Å². The summed E-state index contributed by atoms with van der Waals surface area (Å²) < 4.78 is 21.1. The van der Waals surface area contributed by atoms with Crippen molar-refractivity contribution in [3.05, 3.63) is 102 Å². The molecule has 13 heteroatoms. The zero-order valence-electron chi connectivity index (χ0n) is 31.7. The molecule has 4 aliphatic rings. The van der Waals surface area contributed by atoms with E-state index in [9.17, 15) is 23.9 Å². The number of phenolic OH excluding ortho intramolecular Hbond substituents is 1. The Balaban J connectivity index is 0.725. The van der Waals surface area contributed by atoms with Crippen molar-refractivity contribution in [3.63, 3.8) is 0 Å². The van der Waals surface area contributed by atoms with Crippen molar-refractivity contribution >= 4 is 50.5 Å². The zero-order chi connectivity index (χ0) is 39.0. The first kappa shape index (κ1) is 37.1. The molecule has 3 saturated heterocycles. The molecule has 4 aromatic carbocycles. The Kier molecular flexibility index (Phi) is 10.3. The number of ether oxygens (including phenoxy) is 1. The minimum atomic E-state index is -0.596. The van der Waals surface area contributed by atoms with Gasteiger partial charge in [0, 0.05) is 92.3 Å². The van der Waals surface area contributed by atoms with Crippen LogP contribution < -0.4 is 19.9 Å². The highest BCUT2D eigenvalue weighted by Gasteiger charge is 2.39. The quantitative estimate of drug-likeness (QED) is 0.158. The van der Waals surface area contributed by atoms with Crippen LogP contribution in [0.25, 0.3) is 20.5 Å². The molecular formula is C44H45FN6O5S. The number of piperazine rings is 2. The van der Waals surface area contributed by atoms with E-state index < -0.39 is 6.04 Å². The van der Waals surface area contributed by atoms with Crippen molar-refractivity contribution in [3.8, 4) is 27.7 Å². The first-order valence-electron chi connectivity index (χ1n) is 19.8. The number of piperidine rings is 1. The van der Waals surface area contributed by atoms with Gasteiger partial charge in [-0.05, 0) is 110 Å². The molecule has 11 nitrogen and oxygen atoms in total. The van der Waals surface area contributed by atoms with E-state index in [-0.39, 0.29) is 35.7 Å². The summed E-state index contributed by atoms with van der Waals surface area (Å²) in [6.45, 7) is 10.3. The molecule has 3 fully saturated rings. The van der Waals surface area contributed by atoms with Gasteiger partial charge in [0.15, 0.2) is 5.75 Å². The van der Waals surface area contributed by atoms with Gasteiger partial charge in [-0.1, -0.05) is 12.1 Å². The van der Waals surface area contributed by atoms with Crippen molar-refractivity contribution < 1.29 is 28.6 Å². The number of thiophene rings is 1. The summed E-state index contributed by atoms with van der Waals surface area (Å²) in [5, 5.41) is 13.4. The van der Waals surface area contributed by atoms with E-state index in [0.717, 1.165) is 109 Å². The monoisotopic (exact) mass is 788 g/mol. The summed E-state index contributed by atoms with van der Waals surface area (Å²) in [6, 6.07) is 25.3. The number of halogens is 1. The number of hydrogen-bond acceptors (Lipinski definition) is 10. The third-order valence-corrected chi connectivity index (χ3v) is 12.9. The largest absolute Gasteiger partial charge is 0.508 e. The average molecular weight is 789 g/mol. The fourth-order valence-electron chi connectivity index (χ4n) is 8.53. The van der Waals surface area contributed by atoms with Crippen molar-refractivity contribution in [1.29, 1.82) is 0 Å². The van der Waals surface area contributed by atoms with E-state index in [0.29, 0.717) is 24.3 Å². The second-order valence-electron chi connectivity index (χ2n) is 15.3. The number of nitrogens with zero attached hydrogens (tertiary/aromatic N) is 5. The Labute approximate surface area is 334 Å². The van der Waals surface area contributed by atoms with Crippen LogP contribution in [0.4, 0.5) is 15.8 Å². The number of hydrogen-bond donors (Lipinski definition) is 2. The highest BCUT2D eigenvalue weighted by atomic mass is 32.1. The third kappa shape index (κ3) is 7.79. The van der Waals surface area contributed by atoms with Crippen LogP contribution in [-0.4, -0.2) is 109 Å². The molecule has 0 aliphatic carbocycles. The summed E-state index contributed by atoms with van der Waals surface area (Å²) in [7, 11) is 0. The first-order chi connectivity index (χ1) is 27.8. The lowest BCUT2D eigenvalue weighted by atomic mass is 10.0. The van der Waals surface area contributed by atoms with E-state index >= 15 is 0 Å². The first-order valence-corrected chi connectivity index (χ1v) is 20.6. The number of anilines is 2. The second kappa shape index (κ2) is 15.8. The number of phenols is 1. The van der Waals surface area contributed by atoms with E-state index in [2.05, 4.69) is 43.1 Å². The van der Waals surface area contributed by atoms with Crippen LogP contribution in [0, 0.1) is 5.82 Å². The fraction of sp³-hybridized carbons (Fsp3) is 0.341. The summed E-state index contributed by atoms with van der Waals surface area (Å²) in [5.74, 6) is 0.527. The van der Waals surface area contributed by atoms with E-state index in [1.807, 2.05) is 30.3 Å². The van der Waals surface area contributed by atoms with Crippen LogP contribution in [0.2, 0.25) is 0 Å². The number of amides is 3. The Morgan fingerprint density at radius 2 is 1.44 bits per heavy atom. The highest BCUT2D eigenvalue weighted by molar-refractivity contribution is 7.22. The van der Waals surface area contributed by atoms with Gasteiger partial charge in [-0.2, -0.15) is 0 Å². The van der Waals surface area contributed by atoms with Gasteiger partial charge in [-0.3, -0.25) is 29.5 Å². The molecule has 0 spiro atoms. The molecule has 1 aromatic heterocycles. The van der Waals surface area contributed by atoms with Crippen LogP contribution in [0.15, 0.2) is 84.9 Å². The van der Waals surface area contributed by atoms with Gasteiger partial charge in [0.1, 0.15) is 23.4 Å². The predicted octanol–water partition coefficient (Wildman–Crippen LogP) is 6.30. The number of fused-ring (bicyclic) bond motifs is 2. The van der Waals surface area contributed by atoms with Crippen LogP contribution in [-0.2, 0) is 16.1 Å². The SMILES string of the molecule is O=C1CCC(N2Cc3cc(N4CCN(CCCN5CCN(c6ccc(Oc7c(-c8ccc(F)cc8)sc8cc(O)ccc78)cc6)CC5)CC4)ccc3C2=O)C(=O)N1. The molecule has 2 N–H and O–H groups in total. The Bertz CT molecular complexity index is 2300. The van der Waals surface area contributed by atoms with Crippen LogP contribution in [0.5, 0.6) is 17.2 Å². The Morgan fingerprint density at radius 1 is 0.772 bits per heavy atom. The molecule has 5 aromatic rings. The van der Waals surface area contributed by atoms with Crippen molar-refractivity contribution in [1.82, 2.24) is 20.0 Å². The van der Waals surface area contributed by atoms with E-state index in [1.165, 1.54) is 29.2 Å². The van der Waals surface area contributed by atoms with Gasteiger partial charge in [-0.15, -0.1) is 11.3 Å². The molecule has 1 atom stereocenters. The van der Waals surface area contributed by atoms with Crippen LogP contribution in [0.3, 0.4) is 0 Å². The van der Waals surface area contributed by atoms with E-state index in [1.54, 1.807) is 29.2 Å². The van der Waals surface area contributed by atoms with Gasteiger partial charge < -0.3 is 24.5 Å². The number of rotatable bonds is 10. The maximum atomic E-state index is 13.7. The summed E-state index contributed by atoms with van der Waals surface area (Å²) in [6.07, 6.45) is 1.75. The number of imide groups is 1. The predicted molar refractivity (Wildman–Crippen MR) is 220 cm³/mol. The van der Waals surface area contributed by atoms with Gasteiger partial charge in [0.05, 0.1) is 4.88 Å². The van der Waals surface area contributed by atoms with Crippen molar-refractivity contribution in [2.75, 3.05) is 75.2 Å². The lowest BCUT2D eigenvalue weighted by Gasteiger charge is -2.38. The third-order valence-electron chi connectivity index (χ3n) is 11.7. The van der Waals surface area contributed by atoms with Crippen molar-refractivity contribution in [2.45, 2.75) is 31.8 Å². The van der Waals surface area contributed by atoms with Crippen LogP contribution >= 0.6 is 11.3 Å².